The van der Waals surface area contributed by atoms with Gasteiger partial charge in [0, 0.05) is 6.42 Å². The van der Waals surface area contributed by atoms with Crippen LogP contribution in [0.5, 0.6) is 0 Å². The fraction of sp³-hybridized carbons (Fsp3) is 0.889. The largest absolute Gasteiger partial charge is 0.469 e. The molecule has 80 valence electrons. The summed E-state index contributed by atoms with van der Waals surface area (Å²) in [6.45, 7) is 1.95. The summed E-state index contributed by atoms with van der Waals surface area (Å²) in [4.78, 5) is 11.5. The first-order valence-corrected chi connectivity index (χ1v) is 4.72. The van der Waals surface area contributed by atoms with E-state index in [2.05, 4.69) is 0 Å². The zero-order valence-corrected chi connectivity index (χ0v) is 8.15. The van der Waals surface area contributed by atoms with Crippen LogP contribution in [-0.4, -0.2) is 45.3 Å². The lowest BCUT2D eigenvalue weighted by atomic mass is 9.94. The number of carbonyl (C=O) groups is 1. The molecule has 0 aromatic rings. The summed E-state index contributed by atoms with van der Waals surface area (Å²) in [6.07, 6.45) is 0.590. The molecule has 0 bridgehead atoms. The van der Waals surface area contributed by atoms with Gasteiger partial charge in [0.2, 0.25) is 0 Å². The second-order valence-corrected chi connectivity index (χ2v) is 3.41. The minimum Gasteiger partial charge on any atom is -0.469 e. The van der Waals surface area contributed by atoms with E-state index in [4.69, 9.17) is 18.9 Å². The van der Waals surface area contributed by atoms with Crippen molar-refractivity contribution in [3.63, 3.8) is 0 Å². The molecule has 0 aromatic carbocycles. The summed E-state index contributed by atoms with van der Waals surface area (Å²) in [6, 6.07) is 0. The van der Waals surface area contributed by atoms with Gasteiger partial charge in [0.05, 0.1) is 33.5 Å². The summed E-state index contributed by atoms with van der Waals surface area (Å²) in [5.41, 5.74) is 0. The summed E-state index contributed by atoms with van der Waals surface area (Å²) < 4.78 is 21.0. The van der Waals surface area contributed by atoms with Gasteiger partial charge in [-0.15, -0.1) is 0 Å². The summed E-state index contributed by atoms with van der Waals surface area (Å²) in [5.74, 6) is -1.57. The summed E-state index contributed by atoms with van der Waals surface area (Å²) >= 11 is 0. The number of ether oxygens (including phenoxy) is 4. The molecule has 5 heteroatoms. The molecule has 1 atom stereocenters. The Labute approximate surface area is 82.3 Å². The SMILES string of the molecule is COC(=O)C1COCCC12OCCO2. The van der Waals surface area contributed by atoms with Crippen molar-refractivity contribution < 1.29 is 23.7 Å². The van der Waals surface area contributed by atoms with E-state index < -0.39 is 11.7 Å². The Morgan fingerprint density at radius 1 is 1.36 bits per heavy atom. The van der Waals surface area contributed by atoms with Crippen LogP contribution in [0.2, 0.25) is 0 Å². The van der Waals surface area contributed by atoms with Crippen LogP contribution in [0.1, 0.15) is 6.42 Å². The number of hydrogen-bond acceptors (Lipinski definition) is 5. The number of carbonyl (C=O) groups excluding carboxylic acids is 1. The van der Waals surface area contributed by atoms with E-state index in [1.165, 1.54) is 7.11 Å². The van der Waals surface area contributed by atoms with Gasteiger partial charge in [-0.05, 0) is 0 Å². The number of esters is 1. The van der Waals surface area contributed by atoms with Gasteiger partial charge in [0.1, 0.15) is 5.92 Å². The zero-order valence-electron chi connectivity index (χ0n) is 8.15. The lowest BCUT2D eigenvalue weighted by molar-refractivity contribution is -0.242. The van der Waals surface area contributed by atoms with Crippen LogP contribution < -0.4 is 0 Å². The Morgan fingerprint density at radius 2 is 2.07 bits per heavy atom. The van der Waals surface area contributed by atoms with Gasteiger partial charge in [0.15, 0.2) is 5.79 Å². The highest BCUT2D eigenvalue weighted by Crippen LogP contribution is 2.35. The van der Waals surface area contributed by atoms with E-state index >= 15 is 0 Å². The molecule has 14 heavy (non-hydrogen) atoms. The van der Waals surface area contributed by atoms with Gasteiger partial charge in [-0.1, -0.05) is 0 Å². The van der Waals surface area contributed by atoms with Gasteiger partial charge in [-0.3, -0.25) is 4.79 Å². The third-order valence-corrected chi connectivity index (χ3v) is 2.67. The van der Waals surface area contributed by atoms with E-state index in [1.807, 2.05) is 0 Å². The van der Waals surface area contributed by atoms with Crippen LogP contribution in [0.25, 0.3) is 0 Å². The van der Waals surface area contributed by atoms with Crippen molar-refractivity contribution in [1.82, 2.24) is 0 Å². The lowest BCUT2D eigenvalue weighted by Gasteiger charge is -2.37. The quantitative estimate of drug-likeness (QED) is 0.557. The molecule has 2 aliphatic heterocycles. The zero-order chi connectivity index (χ0) is 10.0. The van der Waals surface area contributed by atoms with Crippen LogP contribution in [0.3, 0.4) is 0 Å². The molecule has 2 saturated heterocycles. The van der Waals surface area contributed by atoms with Crippen LogP contribution in [0.4, 0.5) is 0 Å². The predicted octanol–water partition coefficient (Wildman–Crippen LogP) is -0.0610. The van der Waals surface area contributed by atoms with Gasteiger partial charge in [-0.25, -0.2) is 0 Å². The second-order valence-electron chi connectivity index (χ2n) is 3.41. The van der Waals surface area contributed by atoms with Crippen molar-refractivity contribution in [2.45, 2.75) is 12.2 Å². The molecule has 1 unspecified atom stereocenters. The van der Waals surface area contributed by atoms with Crippen molar-refractivity contribution in [2.24, 2.45) is 5.92 Å². The van der Waals surface area contributed by atoms with E-state index in [0.717, 1.165) is 0 Å². The predicted molar refractivity (Wildman–Crippen MR) is 45.6 cm³/mol. The molecule has 0 aliphatic carbocycles. The molecule has 0 radical (unpaired) electrons. The van der Waals surface area contributed by atoms with Gasteiger partial charge in [-0.2, -0.15) is 0 Å². The summed E-state index contributed by atoms with van der Waals surface area (Å²) in [5, 5.41) is 0. The topological polar surface area (TPSA) is 54.0 Å². The summed E-state index contributed by atoms with van der Waals surface area (Å²) in [7, 11) is 1.36. The molecule has 0 N–H and O–H groups in total. The Kier molecular flexibility index (Phi) is 2.71. The van der Waals surface area contributed by atoms with Crippen molar-refractivity contribution in [3.05, 3.63) is 0 Å². The number of methoxy groups -OCH3 is 1. The highest BCUT2D eigenvalue weighted by atomic mass is 16.7. The molecule has 2 fully saturated rings. The van der Waals surface area contributed by atoms with Crippen LogP contribution in [0, 0.1) is 5.92 Å². The Morgan fingerprint density at radius 3 is 2.71 bits per heavy atom. The minimum atomic E-state index is -0.786. The standard InChI is InChI=1S/C9H14O5/c1-11-8(10)7-6-12-3-2-9(7)13-4-5-14-9/h7H,2-6H2,1H3. The van der Waals surface area contributed by atoms with E-state index in [-0.39, 0.29) is 5.97 Å². The van der Waals surface area contributed by atoms with E-state index in [9.17, 15) is 4.79 Å². The van der Waals surface area contributed by atoms with Crippen molar-refractivity contribution in [3.8, 4) is 0 Å². The molecular formula is C9H14O5. The third-order valence-electron chi connectivity index (χ3n) is 2.67. The molecule has 2 heterocycles. The smallest absolute Gasteiger partial charge is 0.316 e. The third kappa shape index (κ3) is 1.51. The van der Waals surface area contributed by atoms with Crippen molar-refractivity contribution >= 4 is 5.97 Å². The van der Waals surface area contributed by atoms with Crippen molar-refractivity contribution in [1.29, 1.82) is 0 Å². The van der Waals surface area contributed by atoms with Gasteiger partial charge >= 0.3 is 5.97 Å². The lowest BCUT2D eigenvalue weighted by Crippen LogP contribution is -2.50. The molecule has 0 aromatic heterocycles. The Balaban J connectivity index is 2.14. The highest BCUT2D eigenvalue weighted by molar-refractivity contribution is 5.73. The van der Waals surface area contributed by atoms with Crippen LogP contribution in [-0.2, 0) is 23.7 Å². The number of rotatable bonds is 1. The van der Waals surface area contributed by atoms with Crippen LogP contribution >= 0.6 is 0 Å². The van der Waals surface area contributed by atoms with Gasteiger partial charge < -0.3 is 18.9 Å². The Bertz CT molecular complexity index is 221. The normalized spacial score (nSPS) is 30.5. The minimum absolute atomic E-state index is 0.312. The monoisotopic (exact) mass is 202 g/mol. The van der Waals surface area contributed by atoms with E-state index in [1.54, 1.807) is 0 Å². The van der Waals surface area contributed by atoms with Crippen LogP contribution in [0.15, 0.2) is 0 Å². The molecule has 2 rings (SSSR count). The number of hydrogen-bond donors (Lipinski definition) is 0. The fourth-order valence-electron chi connectivity index (χ4n) is 1.92. The second kappa shape index (κ2) is 3.84. The first kappa shape index (κ1) is 9.89. The first-order valence-electron chi connectivity index (χ1n) is 4.72. The molecule has 0 amide bonds. The molecule has 2 aliphatic rings. The maximum Gasteiger partial charge on any atom is 0.316 e. The Hall–Kier alpha value is -0.650. The average Bonchev–Trinajstić information content (AvgIpc) is 2.67. The maximum atomic E-state index is 11.5. The molecular weight excluding hydrogens is 188 g/mol. The molecule has 1 spiro atoms. The van der Waals surface area contributed by atoms with Gasteiger partial charge in [0.25, 0.3) is 0 Å². The molecule has 5 nitrogen and oxygen atoms in total. The molecule has 0 saturated carbocycles. The van der Waals surface area contributed by atoms with E-state index in [0.29, 0.717) is 32.8 Å². The average molecular weight is 202 g/mol. The highest BCUT2D eigenvalue weighted by Gasteiger charge is 2.50. The van der Waals surface area contributed by atoms with Crippen molar-refractivity contribution in [2.75, 3.05) is 33.5 Å². The first-order chi connectivity index (χ1) is 6.78. The maximum absolute atomic E-state index is 11.5. The fourth-order valence-corrected chi connectivity index (χ4v) is 1.92.